The molecule has 0 aliphatic rings. The molecule has 0 amide bonds. The van der Waals surface area contributed by atoms with Gasteiger partial charge in [0.2, 0.25) is 0 Å². The van der Waals surface area contributed by atoms with Gasteiger partial charge in [-0.25, -0.2) is 15.0 Å². The Balaban J connectivity index is 1.94. The van der Waals surface area contributed by atoms with Gasteiger partial charge in [0, 0.05) is 12.6 Å². The van der Waals surface area contributed by atoms with Gasteiger partial charge in [-0.05, 0) is 35.3 Å². The van der Waals surface area contributed by atoms with Crippen molar-refractivity contribution < 1.29 is 0 Å². The molecule has 5 nitrogen and oxygen atoms in total. The van der Waals surface area contributed by atoms with Crippen LogP contribution in [0.4, 0.5) is 5.82 Å². The van der Waals surface area contributed by atoms with Crippen LogP contribution in [0.25, 0.3) is 11.2 Å². The minimum atomic E-state index is 0.279. The first kappa shape index (κ1) is 14.0. The fraction of sp³-hybridized carbons (Fsp3) is 0.267. The quantitative estimate of drug-likeness (QED) is 0.731. The second-order valence-electron chi connectivity index (χ2n) is 5.08. The summed E-state index contributed by atoms with van der Waals surface area (Å²) in [4.78, 5) is 13.2. The maximum Gasteiger partial charge on any atom is 0.179 e. The predicted molar refractivity (Wildman–Crippen MR) is 87.2 cm³/mol. The molecule has 0 fully saturated rings. The molecule has 0 spiro atoms. The molecular weight excluding hydrogens is 330 g/mol. The topological polar surface area (TPSA) is 55.6 Å². The third-order valence-corrected chi connectivity index (χ3v) is 3.81. The van der Waals surface area contributed by atoms with Crippen molar-refractivity contribution in [1.29, 1.82) is 0 Å². The first-order chi connectivity index (χ1) is 10.2. The molecule has 6 heteroatoms. The van der Waals surface area contributed by atoms with Crippen molar-refractivity contribution >= 4 is 32.9 Å². The van der Waals surface area contributed by atoms with Gasteiger partial charge in [-0.3, -0.25) is 0 Å². The molecule has 21 heavy (non-hydrogen) atoms. The Labute approximate surface area is 131 Å². The van der Waals surface area contributed by atoms with Crippen molar-refractivity contribution in [2.45, 2.75) is 26.4 Å². The zero-order valence-corrected chi connectivity index (χ0v) is 13.5. The number of nitrogens with one attached hydrogen (secondary N) is 1. The summed E-state index contributed by atoms with van der Waals surface area (Å²) in [5.74, 6) is 0.754. The number of anilines is 1. The molecule has 0 saturated carbocycles. The molecule has 1 aromatic carbocycles. The third kappa shape index (κ3) is 2.76. The molecule has 1 N–H and O–H groups in total. The Hall–Kier alpha value is -1.95. The van der Waals surface area contributed by atoms with E-state index in [1.54, 1.807) is 6.33 Å². The number of hydrogen-bond acceptors (Lipinski definition) is 4. The molecule has 2 heterocycles. The lowest BCUT2D eigenvalue weighted by molar-refractivity contribution is 0.600. The Morgan fingerprint density at radius 3 is 2.67 bits per heavy atom. The minimum Gasteiger partial charge on any atom is -0.364 e. The summed E-state index contributed by atoms with van der Waals surface area (Å²) in [6.45, 7) is 4.91. The van der Waals surface area contributed by atoms with E-state index in [1.807, 2.05) is 22.8 Å². The fourth-order valence-corrected chi connectivity index (χ4v) is 3.01. The zero-order chi connectivity index (χ0) is 14.8. The number of halogens is 1. The number of hydrogen-bond donors (Lipinski definition) is 1. The molecule has 0 aliphatic heterocycles. The van der Waals surface area contributed by atoms with Crippen molar-refractivity contribution in [1.82, 2.24) is 19.5 Å². The Bertz CT molecular complexity index is 751. The van der Waals surface area contributed by atoms with Gasteiger partial charge in [-0.1, -0.05) is 30.3 Å². The SMILES string of the molecule is CC(C)n1c(Br)nc2c(NCc3ccccc3)ncnc21. The molecule has 3 aromatic rings. The first-order valence-corrected chi connectivity index (χ1v) is 7.62. The smallest absolute Gasteiger partial charge is 0.179 e. The number of benzene rings is 1. The standard InChI is InChI=1S/C15H16BrN5/c1-10(2)21-14-12(20-15(21)16)13(18-9-19-14)17-8-11-6-4-3-5-7-11/h3-7,9-10H,8H2,1-2H3,(H,17,18,19). The average molecular weight is 346 g/mol. The van der Waals surface area contributed by atoms with Gasteiger partial charge in [0.25, 0.3) is 0 Å². The zero-order valence-electron chi connectivity index (χ0n) is 11.9. The van der Waals surface area contributed by atoms with Gasteiger partial charge in [-0.15, -0.1) is 0 Å². The van der Waals surface area contributed by atoms with Crippen LogP contribution in [0.1, 0.15) is 25.5 Å². The number of rotatable bonds is 4. The highest BCUT2D eigenvalue weighted by atomic mass is 79.9. The molecule has 0 atom stereocenters. The first-order valence-electron chi connectivity index (χ1n) is 6.83. The Kier molecular flexibility index (Phi) is 3.88. The van der Waals surface area contributed by atoms with Crippen LogP contribution in [-0.4, -0.2) is 19.5 Å². The van der Waals surface area contributed by atoms with Crippen LogP contribution >= 0.6 is 15.9 Å². The lowest BCUT2D eigenvalue weighted by Crippen LogP contribution is -2.04. The summed E-state index contributed by atoms with van der Waals surface area (Å²) in [6, 6.07) is 10.5. The van der Waals surface area contributed by atoms with Crippen molar-refractivity contribution in [3.63, 3.8) is 0 Å². The molecule has 0 radical (unpaired) electrons. The van der Waals surface area contributed by atoms with E-state index < -0.39 is 0 Å². The van der Waals surface area contributed by atoms with Crippen LogP contribution in [0, 0.1) is 0 Å². The van der Waals surface area contributed by atoms with Crippen LogP contribution in [0.3, 0.4) is 0 Å². The number of aromatic nitrogens is 4. The summed E-state index contributed by atoms with van der Waals surface area (Å²) in [7, 11) is 0. The van der Waals surface area contributed by atoms with E-state index in [-0.39, 0.29) is 6.04 Å². The summed E-state index contributed by atoms with van der Waals surface area (Å²) >= 11 is 3.50. The van der Waals surface area contributed by atoms with Crippen LogP contribution in [0.2, 0.25) is 0 Å². The summed E-state index contributed by atoms with van der Waals surface area (Å²) in [6.07, 6.45) is 1.57. The maximum atomic E-state index is 4.54. The highest BCUT2D eigenvalue weighted by molar-refractivity contribution is 9.10. The van der Waals surface area contributed by atoms with Gasteiger partial charge in [-0.2, -0.15) is 0 Å². The second-order valence-corrected chi connectivity index (χ2v) is 5.79. The average Bonchev–Trinajstić information content (AvgIpc) is 2.82. The Morgan fingerprint density at radius 2 is 1.95 bits per heavy atom. The van der Waals surface area contributed by atoms with Gasteiger partial charge in [0.05, 0.1) is 0 Å². The van der Waals surface area contributed by atoms with Crippen LogP contribution in [0.15, 0.2) is 41.4 Å². The van der Waals surface area contributed by atoms with Gasteiger partial charge in [0.1, 0.15) is 6.33 Å². The van der Waals surface area contributed by atoms with Crippen molar-refractivity contribution in [2.24, 2.45) is 0 Å². The van der Waals surface area contributed by atoms with Crippen LogP contribution in [0.5, 0.6) is 0 Å². The monoisotopic (exact) mass is 345 g/mol. The van der Waals surface area contributed by atoms with Gasteiger partial charge in [0.15, 0.2) is 21.7 Å². The van der Waals surface area contributed by atoms with E-state index >= 15 is 0 Å². The van der Waals surface area contributed by atoms with Gasteiger partial charge >= 0.3 is 0 Å². The fourth-order valence-electron chi connectivity index (χ4n) is 2.25. The van der Waals surface area contributed by atoms with Crippen molar-refractivity contribution in [2.75, 3.05) is 5.32 Å². The number of imidazole rings is 1. The number of nitrogens with zero attached hydrogens (tertiary/aromatic N) is 4. The van der Waals surface area contributed by atoms with E-state index in [9.17, 15) is 0 Å². The van der Waals surface area contributed by atoms with E-state index in [0.717, 1.165) is 21.7 Å². The predicted octanol–water partition coefficient (Wildman–Crippen LogP) is 3.78. The van der Waals surface area contributed by atoms with E-state index in [1.165, 1.54) is 5.56 Å². The van der Waals surface area contributed by atoms with Crippen LogP contribution < -0.4 is 5.32 Å². The largest absolute Gasteiger partial charge is 0.364 e. The van der Waals surface area contributed by atoms with Crippen LogP contribution in [-0.2, 0) is 6.54 Å². The summed E-state index contributed by atoms with van der Waals surface area (Å²) in [5, 5.41) is 3.34. The summed E-state index contributed by atoms with van der Waals surface area (Å²) < 4.78 is 2.82. The number of fused-ring (bicyclic) bond motifs is 1. The van der Waals surface area contributed by atoms with Crippen molar-refractivity contribution in [3.8, 4) is 0 Å². The van der Waals surface area contributed by atoms with Gasteiger partial charge < -0.3 is 9.88 Å². The van der Waals surface area contributed by atoms with Crippen molar-refractivity contribution in [3.05, 3.63) is 47.0 Å². The second kappa shape index (κ2) is 5.81. The lowest BCUT2D eigenvalue weighted by Gasteiger charge is -2.09. The molecular formula is C15H16BrN5. The molecule has 3 rings (SSSR count). The highest BCUT2D eigenvalue weighted by Crippen LogP contribution is 2.26. The molecule has 0 aliphatic carbocycles. The third-order valence-electron chi connectivity index (χ3n) is 3.25. The minimum absolute atomic E-state index is 0.279. The molecule has 0 bridgehead atoms. The maximum absolute atomic E-state index is 4.54. The molecule has 2 aromatic heterocycles. The van der Waals surface area contributed by atoms with E-state index in [2.05, 4.69) is 62.2 Å². The lowest BCUT2D eigenvalue weighted by atomic mass is 10.2. The Morgan fingerprint density at radius 1 is 1.19 bits per heavy atom. The summed E-state index contributed by atoms with van der Waals surface area (Å²) in [5.41, 5.74) is 2.82. The highest BCUT2D eigenvalue weighted by Gasteiger charge is 2.15. The molecule has 0 saturated heterocycles. The van der Waals surface area contributed by atoms with E-state index in [4.69, 9.17) is 0 Å². The van der Waals surface area contributed by atoms with E-state index in [0.29, 0.717) is 6.54 Å². The normalized spacial score (nSPS) is 11.2. The molecule has 0 unspecified atom stereocenters. The molecule has 108 valence electrons.